The second-order valence-corrected chi connectivity index (χ2v) is 7.43. The number of hydrogen-bond acceptors (Lipinski definition) is 7. The zero-order valence-corrected chi connectivity index (χ0v) is 12.9. The van der Waals surface area contributed by atoms with E-state index in [0.29, 0.717) is 12.2 Å². The summed E-state index contributed by atoms with van der Waals surface area (Å²) >= 11 is 0. The number of benzene rings is 1. The Balaban J connectivity index is 2.88. The Morgan fingerprint density at radius 3 is 2.62 bits per heavy atom. The summed E-state index contributed by atoms with van der Waals surface area (Å²) in [6.07, 6.45) is 1.96. The lowest BCUT2D eigenvalue weighted by Crippen LogP contribution is -2.26. The minimum Gasteiger partial charge on any atom is -0.318 e. The average Bonchev–Trinajstić information content (AvgIpc) is 2.42. The molecular weight excluding hydrogens is 320 g/mol. The highest BCUT2D eigenvalue weighted by atomic mass is 32.2. The normalized spacial score (nSPS) is 12.9. The zero-order chi connectivity index (χ0) is 16.0. The van der Waals surface area contributed by atoms with Crippen LogP contribution in [-0.4, -0.2) is 36.1 Å². The number of nitrogen functional groups attached to an aromatic ring is 1. The third-order valence-electron chi connectivity index (χ3n) is 2.53. The molecular formula is C10H16N4O5S2. The van der Waals surface area contributed by atoms with Crippen LogP contribution in [0.25, 0.3) is 0 Å². The van der Waals surface area contributed by atoms with E-state index < -0.39 is 25.7 Å². The molecule has 0 aliphatic rings. The molecule has 0 saturated carbocycles. The van der Waals surface area contributed by atoms with E-state index in [-0.39, 0.29) is 22.8 Å². The molecule has 1 aromatic carbocycles. The van der Waals surface area contributed by atoms with Crippen LogP contribution < -0.4 is 16.0 Å². The Morgan fingerprint density at radius 1 is 1.43 bits per heavy atom. The lowest BCUT2D eigenvalue weighted by molar-refractivity contribution is -0.384. The summed E-state index contributed by atoms with van der Waals surface area (Å²) in [6, 6.07) is 3.27. The van der Waals surface area contributed by atoms with Gasteiger partial charge in [-0.2, -0.15) is 0 Å². The van der Waals surface area contributed by atoms with Gasteiger partial charge in [-0.15, -0.1) is 0 Å². The van der Waals surface area contributed by atoms with Crippen LogP contribution in [0.15, 0.2) is 23.1 Å². The van der Waals surface area contributed by atoms with Crippen molar-refractivity contribution in [3.8, 4) is 0 Å². The molecule has 0 radical (unpaired) electrons. The molecule has 0 bridgehead atoms. The van der Waals surface area contributed by atoms with Crippen molar-refractivity contribution in [1.29, 1.82) is 0 Å². The van der Waals surface area contributed by atoms with Gasteiger partial charge in [-0.25, -0.2) is 13.1 Å². The SMILES string of the molecule is CS(=O)CCCNS(=O)(=O)c1ccc([N+](=O)[O-])c(NN)c1. The third-order valence-corrected chi connectivity index (χ3v) is 4.85. The van der Waals surface area contributed by atoms with Crippen molar-refractivity contribution in [2.75, 3.05) is 24.0 Å². The maximum Gasteiger partial charge on any atom is 0.293 e. The highest BCUT2D eigenvalue weighted by Gasteiger charge is 2.19. The van der Waals surface area contributed by atoms with Crippen molar-refractivity contribution >= 4 is 32.2 Å². The van der Waals surface area contributed by atoms with Crippen LogP contribution in [0, 0.1) is 10.1 Å². The van der Waals surface area contributed by atoms with E-state index in [9.17, 15) is 22.7 Å². The van der Waals surface area contributed by atoms with E-state index in [1.807, 2.05) is 0 Å². The summed E-state index contributed by atoms with van der Waals surface area (Å²) in [5, 5.41) is 10.7. The Labute approximate surface area is 124 Å². The number of anilines is 1. The van der Waals surface area contributed by atoms with Gasteiger partial charge >= 0.3 is 0 Å². The molecule has 21 heavy (non-hydrogen) atoms. The Morgan fingerprint density at radius 2 is 2.10 bits per heavy atom. The first-order chi connectivity index (χ1) is 9.77. The van der Waals surface area contributed by atoms with E-state index in [1.165, 1.54) is 6.26 Å². The Bertz CT molecular complexity index is 647. The molecule has 0 aliphatic carbocycles. The van der Waals surface area contributed by atoms with E-state index in [2.05, 4.69) is 10.1 Å². The quantitative estimate of drug-likeness (QED) is 0.261. The number of hydrazine groups is 1. The molecule has 1 aromatic rings. The second-order valence-electron chi connectivity index (χ2n) is 4.11. The van der Waals surface area contributed by atoms with Gasteiger partial charge in [-0.3, -0.25) is 20.2 Å². The van der Waals surface area contributed by atoms with Crippen LogP contribution in [0.5, 0.6) is 0 Å². The van der Waals surface area contributed by atoms with Crippen molar-refractivity contribution in [3.05, 3.63) is 28.3 Å². The first-order valence-corrected chi connectivity index (χ1v) is 9.03. The zero-order valence-electron chi connectivity index (χ0n) is 11.2. The highest BCUT2D eigenvalue weighted by Crippen LogP contribution is 2.26. The lowest BCUT2D eigenvalue weighted by atomic mass is 10.3. The third kappa shape index (κ3) is 5.04. The number of sulfonamides is 1. The highest BCUT2D eigenvalue weighted by molar-refractivity contribution is 7.89. The average molecular weight is 336 g/mol. The number of nitrogens with zero attached hydrogens (tertiary/aromatic N) is 1. The molecule has 0 amide bonds. The fraction of sp³-hybridized carbons (Fsp3) is 0.400. The summed E-state index contributed by atoms with van der Waals surface area (Å²) in [5.74, 6) is 5.54. The van der Waals surface area contributed by atoms with Crippen molar-refractivity contribution < 1.29 is 17.6 Å². The van der Waals surface area contributed by atoms with E-state index in [4.69, 9.17) is 5.84 Å². The molecule has 1 rings (SSSR count). The minimum atomic E-state index is -3.80. The molecule has 0 saturated heterocycles. The summed E-state index contributed by atoms with van der Waals surface area (Å²) in [4.78, 5) is 9.92. The van der Waals surface area contributed by atoms with Crippen LogP contribution >= 0.6 is 0 Å². The predicted octanol–water partition coefficient (Wildman–Crippen LogP) is -0.0727. The number of nitrogens with two attached hydrogens (primary N) is 1. The first kappa shape index (κ1) is 17.5. The van der Waals surface area contributed by atoms with Crippen molar-refractivity contribution in [2.45, 2.75) is 11.3 Å². The minimum absolute atomic E-state index is 0.0995. The first-order valence-electron chi connectivity index (χ1n) is 5.82. The molecule has 9 nitrogen and oxygen atoms in total. The maximum absolute atomic E-state index is 12.0. The molecule has 0 spiro atoms. The summed E-state index contributed by atoms with van der Waals surface area (Å²) in [7, 11) is -4.79. The molecule has 0 fully saturated rings. The standard InChI is InChI=1S/C10H16N4O5S2/c1-20(17)6-2-5-12-21(18,19)8-3-4-10(14(15)16)9(7-8)13-11/h3-4,7,12-13H,2,5-6,11H2,1H3. The molecule has 4 N–H and O–H groups in total. The van der Waals surface area contributed by atoms with E-state index >= 15 is 0 Å². The van der Waals surface area contributed by atoms with Gasteiger partial charge in [0.15, 0.2) is 0 Å². The van der Waals surface area contributed by atoms with Crippen LogP contribution in [-0.2, 0) is 20.8 Å². The largest absolute Gasteiger partial charge is 0.318 e. The van der Waals surface area contributed by atoms with Gasteiger partial charge in [0.2, 0.25) is 10.0 Å². The van der Waals surface area contributed by atoms with Crippen LogP contribution in [0.3, 0.4) is 0 Å². The predicted molar refractivity (Wildman–Crippen MR) is 79.6 cm³/mol. The second kappa shape index (κ2) is 7.45. The number of hydrogen-bond donors (Lipinski definition) is 3. The summed E-state index contributed by atoms with van der Waals surface area (Å²) in [5.41, 5.74) is 1.68. The number of nitrogens with one attached hydrogen (secondary N) is 2. The number of nitro benzene ring substituents is 1. The van der Waals surface area contributed by atoms with Crippen molar-refractivity contribution in [1.82, 2.24) is 4.72 Å². The fourth-order valence-corrected chi connectivity index (χ4v) is 3.17. The van der Waals surface area contributed by atoms with Crippen LogP contribution in [0.4, 0.5) is 11.4 Å². The molecule has 1 unspecified atom stereocenters. The smallest absolute Gasteiger partial charge is 0.293 e. The molecule has 0 heterocycles. The topological polar surface area (TPSA) is 144 Å². The lowest BCUT2D eigenvalue weighted by Gasteiger charge is -2.08. The molecule has 11 heteroatoms. The van der Waals surface area contributed by atoms with Gasteiger partial charge in [0.1, 0.15) is 5.69 Å². The number of nitro groups is 1. The molecule has 1 atom stereocenters. The van der Waals surface area contributed by atoms with Gasteiger partial charge in [0.25, 0.3) is 5.69 Å². The van der Waals surface area contributed by atoms with E-state index in [0.717, 1.165) is 18.2 Å². The molecule has 118 valence electrons. The summed E-state index contributed by atoms with van der Waals surface area (Å²) < 4.78 is 37.2. The van der Waals surface area contributed by atoms with Gasteiger partial charge in [-0.1, -0.05) is 0 Å². The van der Waals surface area contributed by atoms with Crippen LogP contribution in [0.1, 0.15) is 6.42 Å². The fourth-order valence-electron chi connectivity index (χ4n) is 1.52. The van der Waals surface area contributed by atoms with Crippen LogP contribution in [0.2, 0.25) is 0 Å². The number of rotatable bonds is 8. The Kier molecular flexibility index (Phi) is 6.20. The van der Waals surface area contributed by atoms with Gasteiger partial charge in [0, 0.05) is 35.4 Å². The van der Waals surface area contributed by atoms with E-state index in [1.54, 1.807) is 0 Å². The van der Waals surface area contributed by atoms with Crippen molar-refractivity contribution in [3.63, 3.8) is 0 Å². The van der Waals surface area contributed by atoms with Gasteiger partial charge in [-0.05, 0) is 18.6 Å². The van der Waals surface area contributed by atoms with Crippen molar-refractivity contribution in [2.24, 2.45) is 5.84 Å². The maximum atomic E-state index is 12.0. The van der Waals surface area contributed by atoms with Gasteiger partial charge < -0.3 is 5.43 Å². The molecule has 0 aliphatic heterocycles. The van der Waals surface area contributed by atoms with Gasteiger partial charge in [0.05, 0.1) is 9.82 Å². The summed E-state index contributed by atoms with van der Waals surface area (Å²) in [6.45, 7) is 0.129. The Hall–Kier alpha value is -1.56. The monoisotopic (exact) mass is 336 g/mol. The molecule has 0 aromatic heterocycles.